The van der Waals surface area contributed by atoms with Crippen molar-refractivity contribution in [3.8, 4) is 0 Å². The summed E-state index contributed by atoms with van der Waals surface area (Å²) in [5, 5.41) is 8.63. The summed E-state index contributed by atoms with van der Waals surface area (Å²) in [6.07, 6.45) is 4.39. The van der Waals surface area contributed by atoms with Gasteiger partial charge in [-0.05, 0) is 0 Å². The van der Waals surface area contributed by atoms with Crippen LogP contribution < -0.4 is 5.73 Å². The molecule has 0 saturated heterocycles. The van der Waals surface area contributed by atoms with Gasteiger partial charge in [-0.3, -0.25) is 4.79 Å². The van der Waals surface area contributed by atoms with Crippen molar-refractivity contribution in [3.05, 3.63) is 18.7 Å². The number of rotatable bonds is 4. The Morgan fingerprint density at radius 2 is 2.46 bits per heavy atom. The van der Waals surface area contributed by atoms with Crippen molar-refractivity contribution in [2.75, 3.05) is 6.67 Å². The molecule has 0 bridgehead atoms. The first-order chi connectivity index (χ1) is 6.08. The fourth-order valence-electron chi connectivity index (χ4n) is 0.873. The second-order valence-corrected chi connectivity index (χ2v) is 2.83. The molecule has 1 rings (SSSR count). The lowest BCUT2D eigenvalue weighted by atomic mass is 10.0. The molecule has 0 fully saturated rings. The Balaban J connectivity index is 2.75. The molecule has 0 spiro atoms. The summed E-state index contributed by atoms with van der Waals surface area (Å²) in [4.78, 5) is 14.3. The summed E-state index contributed by atoms with van der Waals surface area (Å²) in [7, 11) is 0. The van der Waals surface area contributed by atoms with Gasteiger partial charge in [0, 0.05) is 12.4 Å². The van der Waals surface area contributed by atoms with Crippen molar-refractivity contribution in [1.29, 1.82) is 0 Å². The molecule has 0 aliphatic carbocycles. The first-order valence-electron chi connectivity index (χ1n) is 3.62. The van der Waals surface area contributed by atoms with E-state index in [0.717, 1.165) is 0 Å². The predicted molar refractivity (Wildman–Crippen MR) is 42.8 cm³/mol. The average Bonchev–Trinajstić information content (AvgIpc) is 2.56. The maximum atomic E-state index is 12.3. The minimum absolute atomic E-state index is 0.126. The van der Waals surface area contributed by atoms with Crippen molar-refractivity contribution < 1.29 is 14.3 Å². The normalized spacial score (nSPS) is 15.2. The van der Waals surface area contributed by atoms with E-state index in [1.54, 1.807) is 0 Å². The van der Waals surface area contributed by atoms with Gasteiger partial charge in [-0.15, -0.1) is 0 Å². The number of nitrogens with two attached hydrogens (primary N) is 1. The Kier molecular flexibility index (Phi) is 2.62. The number of aliphatic carboxylic acids is 1. The number of carboxylic acid groups (broad SMARTS) is 1. The first-order valence-corrected chi connectivity index (χ1v) is 3.62. The number of alkyl halides is 1. The van der Waals surface area contributed by atoms with E-state index in [4.69, 9.17) is 10.8 Å². The van der Waals surface area contributed by atoms with Crippen LogP contribution in [0.25, 0.3) is 0 Å². The van der Waals surface area contributed by atoms with Crippen molar-refractivity contribution in [2.45, 2.75) is 12.1 Å². The molecule has 1 unspecified atom stereocenters. The average molecular weight is 187 g/mol. The van der Waals surface area contributed by atoms with E-state index in [1.807, 2.05) is 0 Å². The fourth-order valence-corrected chi connectivity index (χ4v) is 0.873. The van der Waals surface area contributed by atoms with E-state index in [-0.39, 0.29) is 6.54 Å². The molecule has 0 radical (unpaired) electrons. The minimum atomic E-state index is -1.86. The van der Waals surface area contributed by atoms with Gasteiger partial charge in [0.05, 0.1) is 12.9 Å². The zero-order chi connectivity index (χ0) is 9.90. The lowest BCUT2D eigenvalue weighted by molar-refractivity contribution is -0.144. The maximum Gasteiger partial charge on any atom is 0.328 e. The summed E-state index contributed by atoms with van der Waals surface area (Å²) in [5.74, 6) is -1.36. The van der Waals surface area contributed by atoms with Crippen LogP contribution in [-0.2, 0) is 11.3 Å². The van der Waals surface area contributed by atoms with E-state index in [1.165, 1.54) is 23.3 Å². The molecule has 0 saturated carbocycles. The highest BCUT2D eigenvalue weighted by molar-refractivity contribution is 5.78. The van der Waals surface area contributed by atoms with Gasteiger partial charge in [0.15, 0.2) is 5.54 Å². The highest BCUT2D eigenvalue weighted by Gasteiger charge is 2.34. The van der Waals surface area contributed by atoms with Crippen LogP contribution in [0.1, 0.15) is 0 Å². The molecule has 0 aliphatic rings. The monoisotopic (exact) mass is 187 g/mol. The summed E-state index contributed by atoms with van der Waals surface area (Å²) >= 11 is 0. The van der Waals surface area contributed by atoms with Crippen LogP contribution in [0.2, 0.25) is 0 Å². The number of hydrogen-bond donors (Lipinski definition) is 2. The van der Waals surface area contributed by atoms with E-state index in [2.05, 4.69) is 4.98 Å². The highest BCUT2D eigenvalue weighted by Crippen LogP contribution is 2.06. The van der Waals surface area contributed by atoms with Crippen LogP contribution in [0.15, 0.2) is 18.7 Å². The minimum Gasteiger partial charge on any atom is -0.480 e. The molecule has 6 heteroatoms. The molecule has 0 aromatic carbocycles. The van der Waals surface area contributed by atoms with Crippen molar-refractivity contribution in [3.63, 3.8) is 0 Å². The smallest absolute Gasteiger partial charge is 0.328 e. The number of imidazole rings is 1. The second-order valence-electron chi connectivity index (χ2n) is 2.83. The molecular formula is C7H10FN3O2. The van der Waals surface area contributed by atoms with E-state index >= 15 is 0 Å². The molecule has 0 aliphatic heterocycles. The Bertz CT molecular complexity index is 288. The zero-order valence-electron chi connectivity index (χ0n) is 6.85. The third kappa shape index (κ3) is 2.03. The molecule has 1 heterocycles. The van der Waals surface area contributed by atoms with Gasteiger partial charge in [0.25, 0.3) is 0 Å². The quantitative estimate of drug-likeness (QED) is 0.674. The summed E-state index contributed by atoms with van der Waals surface area (Å²) in [5.41, 5.74) is 3.45. The lowest BCUT2D eigenvalue weighted by Crippen LogP contribution is -2.53. The third-order valence-electron chi connectivity index (χ3n) is 1.69. The topological polar surface area (TPSA) is 81.1 Å². The number of carbonyl (C=O) groups is 1. The van der Waals surface area contributed by atoms with Gasteiger partial charge in [0.2, 0.25) is 0 Å². The summed E-state index contributed by atoms with van der Waals surface area (Å²) < 4.78 is 13.8. The van der Waals surface area contributed by atoms with Crippen LogP contribution in [-0.4, -0.2) is 32.8 Å². The molecule has 3 N–H and O–H groups in total. The third-order valence-corrected chi connectivity index (χ3v) is 1.69. The van der Waals surface area contributed by atoms with Crippen LogP contribution in [0, 0.1) is 0 Å². The van der Waals surface area contributed by atoms with Crippen LogP contribution in [0.3, 0.4) is 0 Å². The van der Waals surface area contributed by atoms with Gasteiger partial charge < -0.3 is 15.4 Å². The SMILES string of the molecule is NC(CF)(Cn1ccnc1)C(=O)O. The fraction of sp³-hybridized carbons (Fsp3) is 0.429. The molecule has 72 valence electrons. The molecule has 1 aromatic rings. The number of aromatic nitrogens is 2. The molecule has 13 heavy (non-hydrogen) atoms. The largest absolute Gasteiger partial charge is 0.480 e. The molecule has 0 amide bonds. The summed E-state index contributed by atoms with van der Waals surface area (Å²) in [6, 6.07) is 0. The highest BCUT2D eigenvalue weighted by atomic mass is 19.1. The van der Waals surface area contributed by atoms with Crippen molar-refractivity contribution in [2.24, 2.45) is 5.73 Å². The molecule has 5 nitrogen and oxygen atoms in total. The van der Waals surface area contributed by atoms with Gasteiger partial charge in [-0.1, -0.05) is 0 Å². The number of carboxylic acids is 1. The zero-order valence-corrected chi connectivity index (χ0v) is 6.85. The Hall–Kier alpha value is -1.43. The van der Waals surface area contributed by atoms with E-state index in [9.17, 15) is 9.18 Å². The Morgan fingerprint density at radius 3 is 2.85 bits per heavy atom. The predicted octanol–water partition coefficient (Wildman–Crippen LogP) is -0.365. The molecular weight excluding hydrogens is 177 g/mol. The maximum absolute atomic E-state index is 12.3. The summed E-state index contributed by atoms with van der Waals surface area (Å²) in [6.45, 7) is -1.24. The van der Waals surface area contributed by atoms with Crippen molar-refractivity contribution >= 4 is 5.97 Å². The second kappa shape index (κ2) is 3.53. The first kappa shape index (κ1) is 9.66. The molecule has 1 atom stereocenters. The molecule has 1 aromatic heterocycles. The van der Waals surface area contributed by atoms with Gasteiger partial charge in [0.1, 0.15) is 6.67 Å². The van der Waals surface area contributed by atoms with Crippen LogP contribution in [0.4, 0.5) is 4.39 Å². The van der Waals surface area contributed by atoms with Gasteiger partial charge in [-0.2, -0.15) is 0 Å². The van der Waals surface area contributed by atoms with E-state index in [0.29, 0.717) is 0 Å². The van der Waals surface area contributed by atoms with Crippen LogP contribution in [0.5, 0.6) is 0 Å². The van der Waals surface area contributed by atoms with Crippen molar-refractivity contribution in [1.82, 2.24) is 9.55 Å². The van der Waals surface area contributed by atoms with E-state index < -0.39 is 18.2 Å². The number of hydrogen-bond acceptors (Lipinski definition) is 3. The Morgan fingerprint density at radius 1 is 1.77 bits per heavy atom. The van der Waals surface area contributed by atoms with Gasteiger partial charge in [-0.25, -0.2) is 9.37 Å². The standard InChI is InChI=1S/C7H10FN3O2/c8-3-7(9,6(12)13)4-11-2-1-10-5-11/h1-2,5H,3-4,9H2,(H,12,13). The van der Waals surface area contributed by atoms with Crippen LogP contribution >= 0.6 is 0 Å². The number of halogens is 1. The van der Waals surface area contributed by atoms with Gasteiger partial charge >= 0.3 is 5.97 Å². The Labute approximate surface area is 74.0 Å². The number of nitrogens with zero attached hydrogens (tertiary/aromatic N) is 2. The lowest BCUT2D eigenvalue weighted by Gasteiger charge is -2.20.